The Morgan fingerprint density at radius 2 is 1.72 bits per heavy atom. The van der Waals surface area contributed by atoms with E-state index in [1.165, 1.54) is 64.5 Å². The van der Waals surface area contributed by atoms with Crippen LogP contribution in [0, 0.1) is 29.1 Å². The van der Waals surface area contributed by atoms with Gasteiger partial charge in [0.1, 0.15) is 0 Å². The standard InChI is InChI=1S/C17H31N/c1-13-6-5-9-17(14(13)2)10-11-18-12-16(17)15-7-3-4-8-15/h13-16,18H,3-12H2,1-2H3. The molecule has 1 N–H and O–H groups in total. The van der Waals surface area contributed by atoms with E-state index in [2.05, 4.69) is 19.2 Å². The molecule has 1 heteroatoms. The number of rotatable bonds is 1. The maximum Gasteiger partial charge on any atom is -0.00124 e. The number of hydrogen-bond acceptors (Lipinski definition) is 1. The quantitative estimate of drug-likeness (QED) is 0.733. The number of piperidine rings is 1. The molecule has 1 nitrogen and oxygen atoms in total. The Labute approximate surface area is 113 Å². The molecule has 1 spiro atoms. The fourth-order valence-electron chi connectivity index (χ4n) is 5.64. The molecule has 104 valence electrons. The normalized spacial score (nSPS) is 46.7. The summed E-state index contributed by atoms with van der Waals surface area (Å²) in [6.45, 7) is 7.69. The van der Waals surface area contributed by atoms with E-state index in [1.54, 1.807) is 0 Å². The van der Waals surface area contributed by atoms with Crippen LogP contribution in [0.25, 0.3) is 0 Å². The van der Waals surface area contributed by atoms with Gasteiger partial charge in [-0.2, -0.15) is 0 Å². The van der Waals surface area contributed by atoms with E-state index in [1.807, 2.05) is 0 Å². The molecule has 1 heterocycles. The lowest BCUT2D eigenvalue weighted by Gasteiger charge is -2.55. The van der Waals surface area contributed by atoms with Gasteiger partial charge in [0, 0.05) is 0 Å². The first-order chi connectivity index (χ1) is 8.74. The zero-order valence-corrected chi connectivity index (χ0v) is 12.4. The molecule has 4 atom stereocenters. The Balaban J connectivity index is 1.84. The molecule has 0 aromatic rings. The Morgan fingerprint density at radius 3 is 2.50 bits per heavy atom. The van der Waals surface area contributed by atoms with Crippen molar-refractivity contribution in [3.8, 4) is 0 Å². The van der Waals surface area contributed by atoms with Crippen LogP contribution >= 0.6 is 0 Å². The molecule has 2 aliphatic carbocycles. The van der Waals surface area contributed by atoms with E-state index in [9.17, 15) is 0 Å². The molecule has 18 heavy (non-hydrogen) atoms. The summed E-state index contributed by atoms with van der Waals surface area (Å²) in [4.78, 5) is 0. The van der Waals surface area contributed by atoms with E-state index < -0.39 is 0 Å². The minimum absolute atomic E-state index is 0.706. The molecule has 3 fully saturated rings. The van der Waals surface area contributed by atoms with Crippen LogP contribution in [0.3, 0.4) is 0 Å². The van der Waals surface area contributed by atoms with Crippen LogP contribution in [-0.2, 0) is 0 Å². The largest absolute Gasteiger partial charge is 0.316 e. The summed E-state index contributed by atoms with van der Waals surface area (Å²) in [5, 5.41) is 3.72. The second-order valence-electron chi connectivity index (χ2n) is 7.50. The van der Waals surface area contributed by atoms with Crippen molar-refractivity contribution in [2.24, 2.45) is 29.1 Å². The number of nitrogens with one attached hydrogen (secondary N) is 1. The van der Waals surface area contributed by atoms with Crippen LogP contribution < -0.4 is 5.32 Å². The van der Waals surface area contributed by atoms with Crippen molar-refractivity contribution in [3.63, 3.8) is 0 Å². The highest BCUT2D eigenvalue weighted by atomic mass is 14.9. The SMILES string of the molecule is CC1CCCC2(CCNCC2C2CCCC2)C1C. The van der Waals surface area contributed by atoms with Gasteiger partial charge in [-0.1, -0.05) is 52.4 Å². The van der Waals surface area contributed by atoms with Crippen molar-refractivity contribution in [1.82, 2.24) is 5.32 Å². The smallest absolute Gasteiger partial charge is 0.00124 e. The summed E-state index contributed by atoms with van der Waals surface area (Å²) in [5.74, 6) is 3.96. The van der Waals surface area contributed by atoms with Gasteiger partial charge in [0.05, 0.1) is 0 Å². The Hall–Kier alpha value is -0.0400. The van der Waals surface area contributed by atoms with Crippen LogP contribution in [0.2, 0.25) is 0 Å². The van der Waals surface area contributed by atoms with Crippen LogP contribution in [0.15, 0.2) is 0 Å². The van der Waals surface area contributed by atoms with Crippen molar-refractivity contribution < 1.29 is 0 Å². The van der Waals surface area contributed by atoms with E-state index in [4.69, 9.17) is 0 Å². The Morgan fingerprint density at radius 1 is 0.944 bits per heavy atom. The minimum Gasteiger partial charge on any atom is -0.316 e. The molecule has 0 radical (unpaired) electrons. The maximum atomic E-state index is 3.72. The van der Waals surface area contributed by atoms with E-state index in [-0.39, 0.29) is 0 Å². The van der Waals surface area contributed by atoms with Gasteiger partial charge in [0.15, 0.2) is 0 Å². The molecule has 4 unspecified atom stereocenters. The topological polar surface area (TPSA) is 12.0 Å². The molecule has 3 aliphatic rings. The van der Waals surface area contributed by atoms with Crippen LogP contribution in [-0.4, -0.2) is 13.1 Å². The third kappa shape index (κ3) is 2.03. The lowest BCUT2D eigenvalue weighted by Crippen LogP contribution is -2.53. The van der Waals surface area contributed by atoms with Crippen molar-refractivity contribution in [2.45, 2.75) is 65.2 Å². The molecular formula is C17H31N. The molecule has 0 amide bonds. The average Bonchev–Trinajstić information content (AvgIpc) is 2.90. The van der Waals surface area contributed by atoms with E-state index >= 15 is 0 Å². The van der Waals surface area contributed by atoms with Gasteiger partial charge >= 0.3 is 0 Å². The van der Waals surface area contributed by atoms with Crippen LogP contribution in [0.1, 0.15) is 65.2 Å². The third-order valence-electron chi connectivity index (χ3n) is 6.90. The van der Waals surface area contributed by atoms with Gasteiger partial charge in [0.2, 0.25) is 0 Å². The second kappa shape index (κ2) is 5.15. The molecule has 1 aliphatic heterocycles. The van der Waals surface area contributed by atoms with Gasteiger partial charge in [-0.3, -0.25) is 0 Å². The third-order valence-corrected chi connectivity index (χ3v) is 6.90. The lowest BCUT2D eigenvalue weighted by atomic mass is 9.52. The number of hydrogen-bond donors (Lipinski definition) is 1. The predicted octanol–water partition coefficient (Wildman–Crippen LogP) is 4.23. The zero-order chi connectivity index (χ0) is 12.6. The molecular weight excluding hydrogens is 218 g/mol. The summed E-state index contributed by atoms with van der Waals surface area (Å²) >= 11 is 0. The summed E-state index contributed by atoms with van der Waals surface area (Å²) in [7, 11) is 0. The average molecular weight is 249 g/mol. The summed E-state index contributed by atoms with van der Waals surface area (Å²) in [5.41, 5.74) is 0.706. The molecule has 0 aromatic carbocycles. The van der Waals surface area contributed by atoms with E-state index in [0.717, 1.165) is 23.7 Å². The molecule has 1 saturated heterocycles. The molecule has 0 bridgehead atoms. The van der Waals surface area contributed by atoms with Gasteiger partial charge in [0.25, 0.3) is 0 Å². The summed E-state index contributed by atoms with van der Waals surface area (Å²) < 4.78 is 0. The second-order valence-corrected chi connectivity index (χ2v) is 7.50. The van der Waals surface area contributed by atoms with Crippen LogP contribution in [0.5, 0.6) is 0 Å². The van der Waals surface area contributed by atoms with Crippen LogP contribution in [0.4, 0.5) is 0 Å². The Kier molecular flexibility index (Phi) is 3.71. The highest BCUT2D eigenvalue weighted by molar-refractivity contribution is 5.01. The minimum atomic E-state index is 0.706. The van der Waals surface area contributed by atoms with Crippen molar-refractivity contribution in [2.75, 3.05) is 13.1 Å². The molecule has 0 aromatic heterocycles. The first-order valence-corrected chi connectivity index (χ1v) is 8.45. The summed E-state index contributed by atoms with van der Waals surface area (Å²) in [6, 6.07) is 0. The molecule has 2 saturated carbocycles. The fraction of sp³-hybridized carbons (Fsp3) is 1.00. The van der Waals surface area contributed by atoms with Crippen molar-refractivity contribution in [1.29, 1.82) is 0 Å². The lowest BCUT2D eigenvalue weighted by molar-refractivity contribution is -0.0465. The summed E-state index contributed by atoms with van der Waals surface area (Å²) in [6.07, 6.45) is 12.0. The zero-order valence-electron chi connectivity index (χ0n) is 12.4. The highest BCUT2D eigenvalue weighted by Gasteiger charge is 2.50. The Bertz CT molecular complexity index is 277. The first kappa shape index (κ1) is 13.0. The monoisotopic (exact) mass is 249 g/mol. The van der Waals surface area contributed by atoms with E-state index in [0.29, 0.717) is 5.41 Å². The maximum absolute atomic E-state index is 3.72. The predicted molar refractivity (Wildman–Crippen MR) is 77.5 cm³/mol. The van der Waals surface area contributed by atoms with Gasteiger partial charge < -0.3 is 5.32 Å². The van der Waals surface area contributed by atoms with Gasteiger partial charge in [-0.25, -0.2) is 0 Å². The van der Waals surface area contributed by atoms with Gasteiger partial charge in [-0.05, 0) is 55.0 Å². The van der Waals surface area contributed by atoms with Crippen molar-refractivity contribution >= 4 is 0 Å². The fourth-order valence-corrected chi connectivity index (χ4v) is 5.64. The highest BCUT2D eigenvalue weighted by Crippen LogP contribution is 2.56. The first-order valence-electron chi connectivity index (χ1n) is 8.45. The van der Waals surface area contributed by atoms with Crippen molar-refractivity contribution in [3.05, 3.63) is 0 Å². The molecule has 3 rings (SSSR count). The van der Waals surface area contributed by atoms with Gasteiger partial charge in [-0.15, -0.1) is 0 Å².